The van der Waals surface area contributed by atoms with Crippen LogP contribution in [-0.2, 0) is 21.1 Å². The maximum atomic E-state index is 13.0. The second kappa shape index (κ2) is 6.49. The fourth-order valence-corrected chi connectivity index (χ4v) is 5.36. The van der Waals surface area contributed by atoms with Crippen molar-refractivity contribution >= 4 is 38.1 Å². The molecule has 10 heteroatoms. The molecule has 1 aliphatic rings. The molecule has 1 atom stereocenters. The summed E-state index contributed by atoms with van der Waals surface area (Å²) in [5, 5.41) is 8.85. The Kier molecular flexibility index (Phi) is 4.72. The van der Waals surface area contributed by atoms with E-state index in [2.05, 4.69) is 10.4 Å². The van der Waals surface area contributed by atoms with Crippen molar-refractivity contribution in [1.82, 2.24) is 18.8 Å². The third kappa shape index (κ3) is 2.89. The number of thiophene rings is 1. The summed E-state index contributed by atoms with van der Waals surface area (Å²) in [6.07, 6.45) is 2.12. The van der Waals surface area contributed by atoms with Crippen molar-refractivity contribution < 1.29 is 13.8 Å². The van der Waals surface area contributed by atoms with Crippen molar-refractivity contribution in [2.75, 3.05) is 26.0 Å². The van der Waals surface area contributed by atoms with E-state index < -0.39 is 15.6 Å². The second-order valence-electron chi connectivity index (χ2n) is 7.02. The molecule has 1 N–H and O–H groups in total. The van der Waals surface area contributed by atoms with Crippen LogP contribution in [0.1, 0.15) is 36.1 Å². The number of anilines is 1. The van der Waals surface area contributed by atoms with Gasteiger partial charge in [0.15, 0.2) is 0 Å². The van der Waals surface area contributed by atoms with E-state index in [1.165, 1.54) is 19.7 Å². The van der Waals surface area contributed by atoms with E-state index in [1.807, 2.05) is 38.8 Å². The number of carbonyl (C=O) groups excluding carboxylic acids is 2. The van der Waals surface area contributed by atoms with Gasteiger partial charge in [0.1, 0.15) is 10.5 Å². The standard InChI is InChI=1S/C17H23N5O3S2/c1-7-12-11(9-18-22(12)27(25,10-23)20(4)5)14-8-13-15(26-14)16(24)19-17(2,3)21(13)6/h8-9H,7H2,1-6H3,(H,19,24). The molecule has 0 aromatic carbocycles. The smallest absolute Gasteiger partial charge is 0.265 e. The van der Waals surface area contributed by atoms with Crippen molar-refractivity contribution in [1.29, 1.82) is 0 Å². The van der Waals surface area contributed by atoms with Gasteiger partial charge in [-0.3, -0.25) is 4.79 Å². The molecule has 1 aliphatic heterocycles. The summed E-state index contributed by atoms with van der Waals surface area (Å²) < 4.78 is 15.6. The van der Waals surface area contributed by atoms with Gasteiger partial charge in [-0.2, -0.15) is 9.19 Å². The van der Waals surface area contributed by atoms with Crippen LogP contribution in [-0.4, -0.2) is 55.6 Å². The number of hydrogen-bond acceptors (Lipinski definition) is 6. The highest BCUT2D eigenvalue weighted by Gasteiger charge is 2.36. The minimum Gasteiger partial charge on any atom is -0.351 e. The molecule has 0 radical (unpaired) electrons. The highest BCUT2D eigenvalue weighted by atomic mass is 32.2. The van der Waals surface area contributed by atoms with Gasteiger partial charge in [0.2, 0.25) is 15.1 Å². The van der Waals surface area contributed by atoms with Gasteiger partial charge in [-0.15, -0.1) is 11.3 Å². The summed E-state index contributed by atoms with van der Waals surface area (Å²) in [6, 6.07) is 1.95. The van der Waals surface area contributed by atoms with Gasteiger partial charge in [-0.1, -0.05) is 6.92 Å². The van der Waals surface area contributed by atoms with E-state index in [9.17, 15) is 13.8 Å². The van der Waals surface area contributed by atoms with Gasteiger partial charge >= 0.3 is 0 Å². The third-order valence-electron chi connectivity index (χ3n) is 4.81. The zero-order valence-electron chi connectivity index (χ0n) is 16.2. The van der Waals surface area contributed by atoms with Crippen molar-refractivity contribution in [3.8, 4) is 10.4 Å². The van der Waals surface area contributed by atoms with E-state index in [0.29, 0.717) is 17.0 Å². The van der Waals surface area contributed by atoms with Gasteiger partial charge in [0.05, 0.1) is 17.6 Å². The van der Waals surface area contributed by atoms with E-state index in [4.69, 9.17) is 0 Å². The van der Waals surface area contributed by atoms with E-state index in [0.717, 1.165) is 16.1 Å². The summed E-state index contributed by atoms with van der Waals surface area (Å²) in [5.41, 5.74) is 1.78. The number of carbonyl (C=O) groups is 1. The number of hydrogen-bond donors (Lipinski definition) is 1. The molecule has 0 bridgehead atoms. The van der Waals surface area contributed by atoms with Crippen LogP contribution in [0.2, 0.25) is 0 Å². The lowest BCUT2D eigenvalue weighted by molar-refractivity contribution is 0.0905. The second-order valence-corrected chi connectivity index (χ2v) is 10.3. The zero-order valence-corrected chi connectivity index (χ0v) is 17.8. The van der Waals surface area contributed by atoms with Crippen LogP contribution in [0.25, 0.3) is 10.4 Å². The summed E-state index contributed by atoms with van der Waals surface area (Å²) in [7, 11) is 1.79. The fourth-order valence-electron chi connectivity index (χ4n) is 3.01. The average molecular weight is 410 g/mol. The Morgan fingerprint density at radius 3 is 2.63 bits per heavy atom. The lowest BCUT2D eigenvalue weighted by Crippen LogP contribution is -2.58. The molecule has 1 amide bonds. The minimum absolute atomic E-state index is 0.117. The van der Waals surface area contributed by atoms with Crippen molar-refractivity contribution in [2.24, 2.45) is 0 Å². The number of fused-ring (bicyclic) bond motifs is 1. The normalized spacial score (nSPS) is 18.0. The maximum absolute atomic E-state index is 13.0. The Hall–Kier alpha value is -2.13. The molecule has 0 saturated heterocycles. The van der Waals surface area contributed by atoms with E-state index in [1.54, 1.807) is 25.5 Å². The Bertz CT molecular complexity index is 1050. The number of aromatic nitrogens is 2. The van der Waals surface area contributed by atoms with Crippen LogP contribution in [0.4, 0.5) is 5.69 Å². The summed E-state index contributed by atoms with van der Waals surface area (Å²) in [5.74, 6) is -0.117. The van der Waals surface area contributed by atoms with Crippen LogP contribution in [0.15, 0.2) is 12.3 Å². The lowest BCUT2D eigenvalue weighted by atomic mass is 10.1. The Balaban J connectivity index is 2.19. The van der Waals surface area contributed by atoms with Crippen LogP contribution in [0.5, 0.6) is 0 Å². The predicted molar refractivity (Wildman–Crippen MR) is 108 cm³/mol. The Labute approximate surface area is 163 Å². The molecule has 0 fully saturated rings. The van der Waals surface area contributed by atoms with Gasteiger partial charge in [-0.25, -0.2) is 13.3 Å². The summed E-state index contributed by atoms with van der Waals surface area (Å²) in [6.45, 7) is 5.78. The van der Waals surface area contributed by atoms with Crippen LogP contribution < -0.4 is 10.2 Å². The first-order valence-corrected chi connectivity index (χ1v) is 10.7. The largest absolute Gasteiger partial charge is 0.351 e. The lowest BCUT2D eigenvalue weighted by Gasteiger charge is -2.41. The molecule has 1 unspecified atom stereocenters. The molecule has 0 spiro atoms. The quantitative estimate of drug-likeness (QED) is 0.777. The first kappa shape index (κ1) is 19.6. The first-order valence-electron chi connectivity index (χ1n) is 8.45. The van der Waals surface area contributed by atoms with Gasteiger partial charge in [0, 0.05) is 31.6 Å². The van der Waals surface area contributed by atoms with Crippen molar-refractivity contribution in [2.45, 2.75) is 32.9 Å². The Morgan fingerprint density at radius 1 is 1.41 bits per heavy atom. The molecule has 146 valence electrons. The van der Waals surface area contributed by atoms with Gasteiger partial charge < -0.3 is 10.2 Å². The fraction of sp³-hybridized carbons (Fsp3) is 0.471. The molecule has 27 heavy (non-hydrogen) atoms. The number of amides is 1. The van der Waals surface area contributed by atoms with Gasteiger partial charge in [-0.05, 0) is 26.3 Å². The van der Waals surface area contributed by atoms with E-state index in [-0.39, 0.29) is 5.91 Å². The zero-order chi connectivity index (χ0) is 20.1. The molecule has 0 saturated carbocycles. The molecule has 2 aromatic rings. The monoisotopic (exact) mass is 409 g/mol. The SMILES string of the molecule is CCc1c(-c2cc3c(s2)C(=O)NC(C)(C)N3C)cnn1S(=O)(=C=O)N(C)C. The molecule has 8 nitrogen and oxygen atoms in total. The van der Waals surface area contributed by atoms with Crippen molar-refractivity contribution in [3.63, 3.8) is 0 Å². The van der Waals surface area contributed by atoms with Gasteiger partial charge in [0.25, 0.3) is 5.91 Å². The predicted octanol–water partition coefficient (Wildman–Crippen LogP) is 1.68. The maximum Gasteiger partial charge on any atom is 0.265 e. The number of nitrogens with zero attached hydrogens (tertiary/aromatic N) is 4. The highest BCUT2D eigenvalue weighted by molar-refractivity contribution is 7.97. The van der Waals surface area contributed by atoms with Crippen molar-refractivity contribution in [3.05, 3.63) is 22.8 Å². The highest BCUT2D eigenvalue weighted by Crippen LogP contribution is 2.41. The molecule has 3 rings (SSSR count). The van der Waals surface area contributed by atoms with Crippen LogP contribution in [0.3, 0.4) is 0 Å². The third-order valence-corrected chi connectivity index (χ3v) is 7.96. The molecular weight excluding hydrogens is 386 g/mol. The molecular formula is C17H23N5O3S2. The minimum atomic E-state index is -3.25. The first-order chi connectivity index (χ1) is 12.6. The van der Waals surface area contributed by atoms with Crippen LogP contribution >= 0.6 is 11.3 Å². The van der Waals surface area contributed by atoms with Crippen LogP contribution in [0, 0.1) is 0 Å². The topological polar surface area (TPSA) is 87.5 Å². The summed E-state index contributed by atoms with van der Waals surface area (Å²) in [4.78, 5) is 27.4. The average Bonchev–Trinajstić information content (AvgIpc) is 3.22. The molecule has 3 heterocycles. The molecule has 0 aliphatic carbocycles. The summed E-state index contributed by atoms with van der Waals surface area (Å²) >= 11 is 1.36. The Morgan fingerprint density at radius 2 is 2.07 bits per heavy atom. The number of nitrogens with one attached hydrogen (secondary N) is 1. The van der Waals surface area contributed by atoms with E-state index >= 15 is 0 Å². The molecule has 2 aromatic heterocycles. The number of rotatable bonds is 4.